The van der Waals surface area contributed by atoms with Crippen LogP contribution in [0.4, 0.5) is 0 Å². The Hall–Kier alpha value is -1.57. The largest absolute Gasteiger partial charge is 0.493 e. The van der Waals surface area contributed by atoms with Crippen molar-refractivity contribution in [3.63, 3.8) is 0 Å². The molecule has 1 rings (SSSR count). The second-order valence-corrected chi connectivity index (χ2v) is 6.13. The van der Waals surface area contributed by atoms with Crippen LogP contribution in [0.25, 0.3) is 5.57 Å². The van der Waals surface area contributed by atoms with Crippen LogP contribution in [-0.4, -0.2) is 12.9 Å². The third-order valence-electron chi connectivity index (χ3n) is 3.62. The molecular weight excluding hydrogens is 260 g/mol. The van der Waals surface area contributed by atoms with Crippen molar-refractivity contribution >= 4 is 11.9 Å². The molecule has 1 aromatic rings. The zero-order valence-corrected chi connectivity index (χ0v) is 14.2. The van der Waals surface area contributed by atoms with Gasteiger partial charge in [-0.2, -0.15) is 0 Å². The summed E-state index contributed by atoms with van der Waals surface area (Å²) in [6.07, 6.45) is 3.43. The number of ether oxygens (including phenoxy) is 1. The van der Waals surface area contributed by atoms with Gasteiger partial charge >= 0.3 is 0 Å². The minimum atomic E-state index is 0.387. The fraction of sp³-hybridized carbons (Fsp3) is 0.526. The van der Waals surface area contributed by atoms with Gasteiger partial charge in [-0.1, -0.05) is 40.7 Å². The molecular formula is C19H28O2. The van der Waals surface area contributed by atoms with E-state index in [-0.39, 0.29) is 0 Å². The average Bonchev–Trinajstić information content (AvgIpc) is 2.44. The van der Waals surface area contributed by atoms with Crippen molar-refractivity contribution in [3.8, 4) is 5.75 Å². The molecule has 0 saturated carbocycles. The van der Waals surface area contributed by atoms with E-state index in [1.807, 2.05) is 6.92 Å². The summed E-state index contributed by atoms with van der Waals surface area (Å²) in [7, 11) is 0. The van der Waals surface area contributed by atoms with Gasteiger partial charge in [0, 0.05) is 5.56 Å². The molecule has 1 aromatic carbocycles. The smallest absolute Gasteiger partial charge is 0.143 e. The van der Waals surface area contributed by atoms with E-state index in [0.717, 1.165) is 29.6 Å². The lowest BCUT2D eigenvalue weighted by atomic mass is 9.89. The van der Waals surface area contributed by atoms with Gasteiger partial charge < -0.3 is 4.74 Å². The quantitative estimate of drug-likeness (QED) is 0.501. The summed E-state index contributed by atoms with van der Waals surface area (Å²) in [4.78, 5) is 10.8. The molecule has 0 unspecified atom stereocenters. The molecule has 0 aromatic heterocycles. The van der Waals surface area contributed by atoms with Gasteiger partial charge in [-0.3, -0.25) is 4.79 Å². The van der Waals surface area contributed by atoms with E-state index in [0.29, 0.717) is 18.4 Å². The zero-order valence-electron chi connectivity index (χ0n) is 14.2. The van der Waals surface area contributed by atoms with Gasteiger partial charge in [-0.15, -0.1) is 0 Å². The van der Waals surface area contributed by atoms with Crippen LogP contribution in [0.1, 0.15) is 76.5 Å². The highest BCUT2D eigenvalue weighted by atomic mass is 16.5. The predicted molar refractivity (Wildman–Crippen MR) is 90.1 cm³/mol. The van der Waals surface area contributed by atoms with Crippen molar-refractivity contribution < 1.29 is 9.53 Å². The van der Waals surface area contributed by atoms with Crippen molar-refractivity contribution in [1.82, 2.24) is 0 Å². The van der Waals surface area contributed by atoms with E-state index in [4.69, 9.17) is 4.74 Å². The van der Waals surface area contributed by atoms with E-state index in [9.17, 15) is 4.79 Å². The third-order valence-corrected chi connectivity index (χ3v) is 3.62. The van der Waals surface area contributed by atoms with E-state index in [1.54, 1.807) is 6.08 Å². The molecule has 2 heteroatoms. The lowest BCUT2D eigenvalue weighted by Gasteiger charge is -2.21. The molecule has 0 heterocycles. The summed E-state index contributed by atoms with van der Waals surface area (Å²) in [5, 5.41) is 0. The minimum absolute atomic E-state index is 0.387. The molecule has 0 bridgehead atoms. The number of benzene rings is 1. The van der Waals surface area contributed by atoms with Crippen molar-refractivity contribution in [2.24, 2.45) is 0 Å². The summed E-state index contributed by atoms with van der Waals surface area (Å²) in [6.45, 7) is 13.5. The van der Waals surface area contributed by atoms with Gasteiger partial charge in [-0.25, -0.2) is 0 Å². The molecule has 116 valence electrons. The Balaban J connectivity index is 3.53. The number of carbonyl (C=O) groups excluding carboxylic acids is 1. The third kappa shape index (κ3) is 4.45. The van der Waals surface area contributed by atoms with Gasteiger partial charge in [0.15, 0.2) is 0 Å². The number of carbonyl (C=O) groups is 1. The van der Waals surface area contributed by atoms with Gasteiger partial charge in [0.05, 0.1) is 6.61 Å². The topological polar surface area (TPSA) is 26.3 Å². The second-order valence-electron chi connectivity index (χ2n) is 6.13. The normalized spacial score (nSPS) is 12.1. The van der Waals surface area contributed by atoms with Crippen LogP contribution in [0.2, 0.25) is 0 Å². The van der Waals surface area contributed by atoms with Gasteiger partial charge in [0.1, 0.15) is 12.0 Å². The molecule has 0 radical (unpaired) electrons. The van der Waals surface area contributed by atoms with Crippen LogP contribution >= 0.6 is 0 Å². The SMILES string of the molecule is CCCOc1c(C(C)=CC=O)cc(C(C)C)cc1C(C)C. The first-order valence-corrected chi connectivity index (χ1v) is 7.85. The van der Waals surface area contributed by atoms with Crippen molar-refractivity contribution in [2.75, 3.05) is 6.61 Å². The van der Waals surface area contributed by atoms with E-state index in [2.05, 4.69) is 46.8 Å². The fourth-order valence-corrected chi connectivity index (χ4v) is 2.29. The summed E-state index contributed by atoms with van der Waals surface area (Å²) < 4.78 is 6.02. The Kier molecular flexibility index (Phi) is 6.67. The summed E-state index contributed by atoms with van der Waals surface area (Å²) in [6, 6.07) is 4.41. The Labute approximate surface area is 129 Å². The van der Waals surface area contributed by atoms with E-state index in [1.165, 1.54) is 11.1 Å². The molecule has 2 nitrogen and oxygen atoms in total. The Bertz CT molecular complexity index is 511. The molecule has 0 aliphatic carbocycles. The van der Waals surface area contributed by atoms with Gasteiger partial charge in [0.25, 0.3) is 0 Å². The first kappa shape index (κ1) is 17.5. The first-order valence-electron chi connectivity index (χ1n) is 7.85. The molecule has 0 N–H and O–H groups in total. The molecule has 0 saturated heterocycles. The average molecular weight is 288 g/mol. The molecule has 0 aliphatic rings. The van der Waals surface area contributed by atoms with Crippen LogP contribution in [0.15, 0.2) is 18.2 Å². The summed E-state index contributed by atoms with van der Waals surface area (Å²) in [5.74, 6) is 1.77. The number of aldehydes is 1. The molecule has 21 heavy (non-hydrogen) atoms. The Morgan fingerprint density at radius 3 is 2.33 bits per heavy atom. The highest BCUT2D eigenvalue weighted by Crippen LogP contribution is 2.37. The van der Waals surface area contributed by atoms with E-state index < -0.39 is 0 Å². The van der Waals surface area contributed by atoms with Crippen LogP contribution in [0, 0.1) is 0 Å². The summed E-state index contributed by atoms with van der Waals surface area (Å²) in [5.41, 5.74) is 4.52. The first-order chi connectivity index (χ1) is 9.92. The monoisotopic (exact) mass is 288 g/mol. The molecule has 0 atom stereocenters. The maximum absolute atomic E-state index is 10.8. The number of allylic oxidation sites excluding steroid dienone is 2. The van der Waals surface area contributed by atoms with Gasteiger partial charge in [0.2, 0.25) is 0 Å². The maximum Gasteiger partial charge on any atom is 0.143 e. The van der Waals surface area contributed by atoms with E-state index >= 15 is 0 Å². The van der Waals surface area contributed by atoms with Crippen LogP contribution < -0.4 is 4.74 Å². The molecule has 0 aliphatic heterocycles. The summed E-state index contributed by atoms with van der Waals surface area (Å²) >= 11 is 0. The number of hydrogen-bond donors (Lipinski definition) is 0. The second kappa shape index (κ2) is 8.02. The number of hydrogen-bond acceptors (Lipinski definition) is 2. The van der Waals surface area contributed by atoms with Crippen LogP contribution in [-0.2, 0) is 4.79 Å². The Morgan fingerprint density at radius 1 is 1.19 bits per heavy atom. The highest BCUT2D eigenvalue weighted by Gasteiger charge is 2.17. The Morgan fingerprint density at radius 2 is 1.86 bits per heavy atom. The zero-order chi connectivity index (χ0) is 16.0. The van der Waals surface area contributed by atoms with Gasteiger partial charge in [-0.05, 0) is 54.0 Å². The minimum Gasteiger partial charge on any atom is -0.493 e. The lowest BCUT2D eigenvalue weighted by Crippen LogP contribution is -2.05. The van der Waals surface area contributed by atoms with Crippen LogP contribution in [0.3, 0.4) is 0 Å². The highest BCUT2D eigenvalue weighted by molar-refractivity contribution is 5.83. The molecule has 0 fully saturated rings. The van der Waals surface area contributed by atoms with Crippen LogP contribution in [0.5, 0.6) is 5.75 Å². The van der Waals surface area contributed by atoms with Crippen molar-refractivity contribution in [3.05, 3.63) is 34.9 Å². The molecule has 0 amide bonds. The standard InChI is InChI=1S/C19H28O2/c1-7-10-21-19-17(14(4)5)11-16(13(2)3)12-18(19)15(6)8-9-20/h8-9,11-14H,7,10H2,1-6H3. The van der Waals surface area contributed by atoms with Crippen molar-refractivity contribution in [2.45, 2.75) is 59.8 Å². The fourth-order valence-electron chi connectivity index (χ4n) is 2.29. The molecule has 0 spiro atoms. The predicted octanol–water partition coefficient (Wildman–Crippen LogP) is 5.32. The van der Waals surface area contributed by atoms with Crippen molar-refractivity contribution in [1.29, 1.82) is 0 Å². The lowest BCUT2D eigenvalue weighted by molar-refractivity contribution is -0.104. The number of rotatable bonds is 7. The maximum atomic E-state index is 10.8.